The summed E-state index contributed by atoms with van der Waals surface area (Å²) in [6, 6.07) is 19.0. The van der Waals surface area contributed by atoms with Crippen molar-refractivity contribution >= 4 is 37.8 Å². The van der Waals surface area contributed by atoms with Gasteiger partial charge in [-0.25, -0.2) is 0 Å². The van der Waals surface area contributed by atoms with Crippen LogP contribution in [0.3, 0.4) is 0 Å². The number of nitriles is 1. The van der Waals surface area contributed by atoms with E-state index in [1.807, 2.05) is 74.5 Å². The van der Waals surface area contributed by atoms with E-state index in [1.165, 1.54) is 0 Å². The Kier molecular flexibility index (Phi) is 6.81. The van der Waals surface area contributed by atoms with Crippen molar-refractivity contribution < 1.29 is 14.3 Å². The topological polar surface area (TPSA) is 59.3 Å². The third-order valence-electron chi connectivity index (χ3n) is 5.26. The predicted molar refractivity (Wildman–Crippen MR) is 119 cm³/mol. The van der Waals surface area contributed by atoms with Gasteiger partial charge in [-0.3, -0.25) is 4.79 Å². The summed E-state index contributed by atoms with van der Waals surface area (Å²) in [6.45, 7) is 4.09. The van der Waals surface area contributed by atoms with Crippen molar-refractivity contribution in [1.29, 1.82) is 5.26 Å². The fraction of sp³-hybridized carbons (Fsp3) is 0.304. The highest BCUT2D eigenvalue weighted by molar-refractivity contribution is 9.28. The number of carbonyl (C=O) groups is 1. The van der Waals surface area contributed by atoms with Crippen molar-refractivity contribution in [1.82, 2.24) is 0 Å². The molecule has 0 aliphatic heterocycles. The molecule has 1 aliphatic rings. The standard InChI is InChI=1S/C23H21Br2NO3/c1-23(2)19(12-20(24)25)21(23)22(27)28-14-16(13-26)15-7-6-10-18(11-15)29-17-8-4-3-5-9-17/h3-12,16,19,21H,14H2,1-2H3. The maximum atomic E-state index is 12.6. The van der Waals surface area contributed by atoms with Crippen molar-refractivity contribution in [2.45, 2.75) is 19.8 Å². The van der Waals surface area contributed by atoms with Crippen LogP contribution in [0, 0.1) is 28.6 Å². The quantitative estimate of drug-likeness (QED) is 0.391. The van der Waals surface area contributed by atoms with Crippen LogP contribution in [0.2, 0.25) is 0 Å². The maximum Gasteiger partial charge on any atom is 0.310 e. The fourth-order valence-electron chi connectivity index (χ4n) is 3.46. The minimum atomic E-state index is -0.558. The molecule has 1 fully saturated rings. The largest absolute Gasteiger partial charge is 0.464 e. The molecule has 0 radical (unpaired) electrons. The molecule has 0 aromatic heterocycles. The Morgan fingerprint density at radius 2 is 1.86 bits per heavy atom. The molecular weight excluding hydrogens is 498 g/mol. The highest BCUT2D eigenvalue weighted by atomic mass is 79.9. The van der Waals surface area contributed by atoms with Gasteiger partial charge in [-0.15, -0.1) is 0 Å². The fourth-order valence-corrected chi connectivity index (χ4v) is 4.03. The first kappa shape index (κ1) is 21.6. The summed E-state index contributed by atoms with van der Waals surface area (Å²) in [5.74, 6) is 0.423. The summed E-state index contributed by atoms with van der Waals surface area (Å²) in [5, 5.41) is 9.60. The summed E-state index contributed by atoms with van der Waals surface area (Å²) >= 11 is 6.70. The molecule has 2 aromatic carbocycles. The second-order valence-corrected chi connectivity index (χ2v) is 10.4. The van der Waals surface area contributed by atoms with E-state index in [-0.39, 0.29) is 29.8 Å². The summed E-state index contributed by atoms with van der Waals surface area (Å²) in [5.41, 5.74) is 0.596. The van der Waals surface area contributed by atoms with E-state index in [0.29, 0.717) is 5.75 Å². The smallest absolute Gasteiger partial charge is 0.310 e. The van der Waals surface area contributed by atoms with Crippen LogP contribution in [0.1, 0.15) is 25.3 Å². The molecule has 0 spiro atoms. The summed E-state index contributed by atoms with van der Waals surface area (Å²) in [6.07, 6.45) is 1.97. The summed E-state index contributed by atoms with van der Waals surface area (Å²) in [4.78, 5) is 12.6. The van der Waals surface area contributed by atoms with Gasteiger partial charge in [0.1, 0.15) is 24.0 Å². The second kappa shape index (κ2) is 9.15. The molecule has 0 saturated heterocycles. The molecule has 1 aliphatic carbocycles. The van der Waals surface area contributed by atoms with Gasteiger partial charge in [0.15, 0.2) is 0 Å². The number of esters is 1. The lowest BCUT2D eigenvalue weighted by Crippen LogP contribution is -2.15. The number of ether oxygens (including phenoxy) is 2. The second-order valence-electron chi connectivity index (χ2n) is 7.58. The number of rotatable bonds is 7. The van der Waals surface area contributed by atoms with Crippen LogP contribution in [0.25, 0.3) is 0 Å². The summed E-state index contributed by atoms with van der Waals surface area (Å²) in [7, 11) is 0. The highest BCUT2D eigenvalue weighted by Gasteiger charge is 2.61. The minimum absolute atomic E-state index is 0.0165. The van der Waals surface area contributed by atoms with Crippen LogP contribution in [-0.2, 0) is 9.53 Å². The number of hydrogen-bond acceptors (Lipinski definition) is 4. The number of allylic oxidation sites excluding steroid dienone is 1. The van der Waals surface area contributed by atoms with Crippen molar-refractivity contribution in [3.63, 3.8) is 0 Å². The Labute approximate surface area is 187 Å². The molecule has 29 heavy (non-hydrogen) atoms. The van der Waals surface area contributed by atoms with Gasteiger partial charge in [-0.2, -0.15) is 5.26 Å². The molecule has 0 N–H and O–H groups in total. The van der Waals surface area contributed by atoms with Crippen LogP contribution in [-0.4, -0.2) is 12.6 Å². The Morgan fingerprint density at radius 1 is 1.17 bits per heavy atom. The SMILES string of the molecule is CC1(C)C(C=C(Br)Br)C1C(=O)OCC(C#N)c1cccc(Oc2ccccc2)c1. The number of halogens is 2. The number of para-hydroxylation sites is 1. The van der Waals surface area contributed by atoms with Crippen LogP contribution < -0.4 is 4.74 Å². The lowest BCUT2D eigenvalue weighted by Gasteiger charge is -2.13. The molecule has 0 bridgehead atoms. The van der Waals surface area contributed by atoms with E-state index in [9.17, 15) is 10.1 Å². The third kappa shape index (κ3) is 5.29. The van der Waals surface area contributed by atoms with Gasteiger partial charge in [-0.1, -0.05) is 50.3 Å². The molecule has 2 aromatic rings. The Morgan fingerprint density at radius 3 is 2.52 bits per heavy atom. The van der Waals surface area contributed by atoms with Gasteiger partial charge in [-0.05, 0) is 73.0 Å². The van der Waals surface area contributed by atoms with Crippen LogP contribution in [0.5, 0.6) is 11.5 Å². The van der Waals surface area contributed by atoms with Crippen LogP contribution >= 0.6 is 31.9 Å². The first-order chi connectivity index (χ1) is 13.8. The molecular formula is C23H21Br2NO3. The zero-order valence-corrected chi connectivity index (χ0v) is 19.3. The van der Waals surface area contributed by atoms with Crippen molar-refractivity contribution in [3.8, 4) is 17.6 Å². The molecule has 3 rings (SSSR count). The third-order valence-corrected chi connectivity index (χ3v) is 5.79. The molecule has 1 saturated carbocycles. The zero-order valence-electron chi connectivity index (χ0n) is 16.1. The van der Waals surface area contributed by atoms with Crippen LogP contribution in [0.4, 0.5) is 0 Å². The summed E-state index contributed by atoms with van der Waals surface area (Å²) < 4.78 is 12.2. The number of carbonyl (C=O) groups excluding carboxylic acids is 1. The Hall–Kier alpha value is -2.10. The van der Waals surface area contributed by atoms with Crippen molar-refractivity contribution in [3.05, 3.63) is 69.6 Å². The first-order valence-corrected chi connectivity index (χ1v) is 10.8. The Balaban J connectivity index is 1.64. The average molecular weight is 519 g/mol. The molecule has 6 heteroatoms. The van der Waals surface area contributed by atoms with Gasteiger partial charge in [0.05, 0.1) is 15.4 Å². The molecule has 0 heterocycles. The molecule has 3 atom stereocenters. The predicted octanol–water partition coefficient (Wildman–Crippen LogP) is 6.53. The van der Waals surface area contributed by atoms with Gasteiger partial charge in [0.25, 0.3) is 0 Å². The van der Waals surface area contributed by atoms with E-state index >= 15 is 0 Å². The molecule has 3 unspecified atom stereocenters. The number of hydrogen-bond donors (Lipinski definition) is 0. The highest BCUT2D eigenvalue weighted by Crippen LogP contribution is 2.60. The van der Waals surface area contributed by atoms with E-state index in [0.717, 1.165) is 14.7 Å². The average Bonchev–Trinajstić information content (AvgIpc) is 3.22. The number of nitrogens with zero attached hydrogens (tertiary/aromatic N) is 1. The lowest BCUT2D eigenvalue weighted by atomic mass is 10.0. The lowest BCUT2D eigenvalue weighted by molar-refractivity contribution is -0.146. The maximum absolute atomic E-state index is 12.6. The Bertz CT molecular complexity index is 946. The monoisotopic (exact) mass is 517 g/mol. The van der Waals surface area contributed by atoms with E-state index in [4.69, 9.17) is 9.47 Å². The van der Waals surface area contributed by atoms with Gasteiger partial charge in [0, 0.05) is 0 Å². The van der Waals surface area contributed by atoms with Crippen LogP contribution in [0.15, 0.2) is 64.1 Å². The van der Waals surface area contributed by atoms with E-state index in [2.05, 4.69) is 37.9 Å². The van der Waals surface area contributed by atoms with E-state index in [1.54, 1.807) is 0 Å². The molecule has 0 amide bonds. The normalized spacial score (nSPS) is 20.1. The van der Waals surface area contributed by atoms with Crippen molar-refractivity contribution in [2.24, 2.45) is 17.3 Å². The van der Waals surface area contributed by atoms with Gasteiger partial charge in [0.2, 0.25) is 0 Å². The molecule has 4 nitrogen and oxygen atoms in total. The van der Waals surface area contributed by atoms with Gasteiger partial charge >= 0.3 is 5.97 Å². The molecule has 150 valence electrons. The zero-order chi connectivity index (χ0) is 21.0. The first-order valence-electron chi connectivity index (χ1n) is 9.25. The van der Waals surface area contributed by atoms with Crippen molar-refractivity contribution in [2.75, 3.05) is 6.61 Å². The number of benzene rings is 2. The van der Waals surface area contributed by atoms with Gasteiger partial charge < -0.3 is 9.47 Å². The van der Waals surface area contributed by atoms with E-state index < -0.39 is 5.92 Å². The minimum Gasteiger partial charge on any atom is -0.464 e.